The lowest BCUT2D eigenvalue weighted by molar-refractivity contribution is 0.478. The minimum absolute atomic E-state index is 0.0979. The van der Waals surface area contributed by atoms with Gasteiger partial charge in [0.25, 0.3) is 0 Å². The number of nitrogens with zero attached hydrogens (tertiary/aromatic N) is 1. The van der Waals surface area contributed by atoms with Gasteiger partial charge in [-0.05, 0) is 18.9 Å². The van der Waals surface area contributed by atoms with Crippen LogP contribution in [0.25, 0.3) is 0 Å². The van der Waals surface area contributed by atoms with Crippen LogP contribution in [-0.2, 0) is 0 Å². The van der Waals surface area contributed by atoms with Gasteiger partial charge in [-0.1, -0.05) is 0 Å². The number of rotatable bonds is 4. The van der Waals surface area contributed by atoms with Gasteiger partial charge < -0.3 is 5.32 Å². The molecule has 0 aliphatic heterocycles. The van der Waals surface area contributed by atoms with E-state index in [9.17, 15) is 13.2 Å². The SMILES string of the molecule is Fc1cc(F)c(C(NC2CC2)c2nccs2)cc1F. The third kappa shape index (κ3) is 2.64. The Morgan fingerprint density at radius 1 is 1.16 bits per heavy atom. The molecule has 1 N–H and O–H groups in total. The van der Waals surface area contributed by atoms with Crippen LogP contribution < -0.4 is 5.32 Å². The van der Waals surface area contributed by atoms with Crippen LogP contribution >= 0.6 is 11.3 Å². The van der Waals surface area contributed by atoms with Crippen LogP contribution in [0.1, 0.15) is 29.5 Å². The first kappa shape index (κ1) is 12.6. The second-order valence-corrected chi connectivity index (χ2v) is 5.46. The van der Waals surface area contributed by atoms with Crippen LogP contribution in [0.3, 0.4) is 0 Å². The van der Waals surface area contributed by atoms with E-state index in [1.54, 1.807) is 11.6 Å². The van der Waals surface area contributed by atoms with Gasteiger partial charge in [0, 0.05) is 29.2 Å². The Morgan fingerprint density at radius 3 is 2.53 bits per heavy atom. The zero-order valence-corrected chi connectivity index (χ0v) is 10.7. The molecule has 0 radical (unpaired) electrons. The zero-order valence-electron chi connectivity index (χ0n) is 9.87. The summed E-state index contributed by atoms with van der Waals surface area (Å²) in [5, 5.41) is 5.64. The lowest BCUT2D eigenvalue weighted by Gasteiger charge is -2.17. The molecule has 0 amide bonds. The minimum Gasteiger partial charge on any atom is -0.301 e. The predicted molar refractivity (Wildman–Crippen MR) is 66.4 cm³/mol. The van der Waals surface area contributed by atoms with E-state index in [-0.39, 0.29) is 5.56 Å². The van der Waals surface area contributed by atoms with Crippen molar-refractivity contribution in [3.8, 4) is 0 Å². The number of halogens is 3. The van der Waals surface area contributed by atoms with Crippen LogP contribution in [0.5, 0.6) is 0 Å². The Kier molecular flexibility index (Phi) is 3.28. The van der Waals surface area contributed by atoms with Crippen molar-refractivity contribution in [2.24, 2.45) is 0 Å². The highest BCUT2D eigenvalue weighted by Gasteiger charge is 2.29. The fourth-order valence-corrected chi connectivity index (χ4v) is 2.63. The van der Waals surface area contributed by atoms with Gasteiger partial charge in [0.1, 0.15) is 10.8 Å². The summed E-state index contributed by atoms with van der Waals surface area (Å²) in [4.78, 5) is 4.14. The van der Waals surface area contributed by atoms with E-state index in [0.717, 1.165) is 18.9 Å². The van der Waals surface area contributed by atoms with Crippen LogP contribution in [0.15, 0.2) is 23.7 Å². The van der Waals surface area contributed by atoms with Crippen molar-refractivity contribution >= 4 is 11.3 Å². The number of hydrogen-bond acceptors (Lipinski definition) is 3. The highest BCUT2D eigenvalue weighted by molar-refractivity contribution is 7.09. The molecule has 2 aromatic rings. The third-order valence-electron chi connectivity index (χ3n) is 3.03. The Labute approximate surface area is 112 Å². The number of aromatic nitrogens is 1. The zero-order chi connectivity index (χ0) is 13.4. The molecule has 19 heavy (non-hydrogen) atoms. The molecular weight excluding hydrogens is 273 g/mol. The van der Waals surface area contributed by atoms with Gasteiger partial charge in [0.2, 0.25) is 0 Å². The van der Waals surface area contributed by atoms with E-state index in [4.69, 9.17) is 0 Å². The fourth-order valence-electron chi connectivity index (χ4n) is 1.92. The van der Waals surface area contributed by atoms with E-state index in [1.165, 1.54) is 11.3 Å². The molecule has 6 heteroatoms. The maximum Gasteiger partial charge on any atom is 0.161 e. The predicted octanol–water partition coefficient (Wildman–Crippen LogP) is 3.40. The number of benzene rings is 1. The van der Waals surface area contributed by atoms with Gasteiger partial charge in [0.05, 0.1) is 6.04 Å². The molecule has 1 aromatic carbocycles. The molecule has 1 aromatic heterocycles. The summed E-state index contributed by atoms with van der Waals surface area (Å²) in [6.07, 6.45) is 3.62. The van der Waals surface area contributed by atoms with Crippen LogP contribution in [0, 0.1) is 17.5 Å². The molecule has 0 bridgehead atoms. The Balaban J connectivity index is 2.01. The maximum absolute atomic E-state index is 13.9. The molecule has 0 spiro atoms. The van der Waals surface area contributed by atoms with E-state index in [1.807, 2.05) is 0 Å². The van der Waals surface area contributed by atoms with E-state index in [0.29, 0.717) is 17.1 Å². The van der Waals surface area contributed by atoms with Crippen molar-refractivity contribution in [3.05, 3.63) is 51.7 Å². The summed E-state index contributed by atoms with van der Waals surface area (Å²) in [6, 6.07) is 1.26. The molecule has 2 nitrogen and oxygen atoms in total. The lowest BCUT2D eigenvalue weighted by atomic mass is 10.1. The second kappa shape index (κ2) is 4.94. The molecule has 1 heterocycles. The molecular formula is C13H11F3N2S. The van der Waals surface area contributed by atoms with Crippen LogP contribution in [-0.4, -0.2) is 11.0 Å². The summed E-state index contributed by atoms with van der Waals surface area (Å²) in [6.45, 7) is 0. The molecule has 1 atom stereocenters. The normalized spacial score (nSPS) is 16.6. The average Bonchev–Trinajstić information content (AvgIpc) is 3.03. The first-order valence-corrected chi connectivity index (χ1v) is 6.83. The van der Waals surface area contributed by atoms with Crippen molar-refractivity contribution in [2.75, 3.05) is 0 Å². The summed E-state index contributed by atoms with van der Waals surface area (Å²) in [5.74, 6) is -2.98. The quantitative estimate of drug-likeness (QED) is 0.870. The van der Waals surface area contributed by atoms with Gasteiger partial charge >= 0.3 is 0 Å². The highest BCUT2D eigenvalue weighted by atomic mass is 32.1. The standard InChI is InChI=1S/C13H11F3N2S/c14-9-6-11(16)10(15)5-8(9)12(18-7-1-2-7)13-17-3-4-19-13/h3-7,12,18H,1-2H2. The van der Waals surface area contributed by atoms with E-state index < -0.39 is 23.5 Å². The number of thiazole rings is 1. The third-order valence-corrected chi connectivity index (χ3v) is 3.87. The molecule has 1 saturated carbocycles. The summed E-state index contributed by atoms with van der Waals surface area (Å²) in [7, 11) is 0. The van der Waals surface area contributed by atoms with Crippen molar-refractivity contribution in [2.45, 2.75) is 24.9 Å². The average molecular weight is 284 g/mol. The molecule has 3 rings (SSSR count). The van der Waals surface area contributed by atoms with Gasteiger partial charge in [-0.3, -0.25) is 0 Å². The highest BCUT2D eigenvalue weighted by Crippen LogP contribution is 2.31. The first-order chi connectivity index (χ1) is 9.15. The first-order valence-electron chi connectivity index (χ1n) is 5.95. The van der Waals surface area contributed by atoms with E-state index >= 15 is 0 Å². The number of nitrogens with one attached hydrogen (secondary N) is 1. The Hall–Kier alpha value is -1.40. The van der Waals surface area contributed by atoms with Crippen molar-refractivity contribution in [1.82, 2.24) is 10.3 Å². The monoisotopic (exact) mass is 284 g/mol. The number of hydrogen-bond donors (Lipinski definition) is 1. The largest absolute Gasteiger partial charge is 0.301 e. The fraction of sp³-hybridized carbons (Fsp3) is 0.308. The van der Waals surface area contributed by atoms with Crippen LogP contribution in [0.4, 0.5) is 13.2 Å². The molecule has 0 saturated heterocycles. The maximum atomic E-state index is 13.9. The van der Waals surface area contributed by atoms with E-state index in [2.05, 4.69) is 10.3 Å². The minimum atomic E-state index is -1.18. The van der Waals surface area contributed by atoms with Gasteiger partial charge in [-0.15, -0.1) is 11.3 Å². The lowest BCUT2D eigenvalue weighted by Crippen LogP contribution is -2.25. The molecule has 100 valence electrons. The Morgan fingerprint density at radius 2 is 1.89 bits per heavy atom. The van der Waals surface area contributed by atoms with Gasteiger partial charge in [0.15, 0.2) is 11.6 Å². The van der Waals surface area contributed by atoms with Crippen molar-refractivity contribution in [3.63, 3.8) is 0 Å². The smallest absolute Gasteiger partial charge is 0.161 e. The van der Waals surface area contributed by atoms with Crippen molar-refractivity contribution < 1.29 is 13.2 Å². The summed E-state index contributed by atoms with van der Waals surface area (Å²) < 4.78 is 40.2. The second-order valence-electron chi connectivity index (χ2n) is 4.53. The molecule has 1 fully saturated rings. The van der Waals surface area contributed by atoms with Crippen molar-refractivity contribution in [1.29, 1.82) is 0 Å². The van der Waals surface area contributed by atoms with Gasteiger partial charge in [-0.25, -0.2) is 18.2 Å². The molecule has 1 aliphatic carbocycles. The van der Waals surface area contributed by atoms with Gasteiger partial charge in [-0.2, -0.15) is 0 Å². The Bertz CT molecular complexity index is 582. The topological polar surface area (TPSA) is 24.9 Å². The molecule has 1 unspecified atom stereocenters. The summed E-state index contributed by atoms with van der Waals surface area (Å²) in [5.41, 5.74) is 0.0979. The van der Waals surface area contributed by atoms with Crippen LogP contribution in [0.2, 0.25) is 0 Å². The summed E-state index contributed by atoms with van der Waals surface area (Å²) >= 11 is 1.36. The molecule has 1 aliphatic rings.